The lowest BCUT2D eigenvalue weighted by Gasteiger charge is -2.16. The molecule has 4 nitrogen and oxygen atoms in total. The molecule has 0 saturated heterocycles. The molecular weight excluding hydrogens is 254 g/mol. The van der Waals surface area contributed by atoms with Crippen LogP contribution in [0.15, 0.2) is 54.6 Å². The number of aromatic hydroxyl groups is 1. The third-order valence-electron chi connectivity index (χ3n) is 3.03. The fourth-order valence-corrected chi connectivity index (χ4v) is 1.99. The van der Waals surface area contributed by atoms with Gasteiger partial charge in [-0.25, -0.2) is 0 Å². The molecule has 0 aliphatic rings. The Kier molecular flexibility index (Phi) is 4.74. The van der Waals surface area contributed by atoms with Gasteiger partial charge in [0.05, 0.1) is 18.2 Å². The van der Waals surface area contributed by atoms with Crippen LogP contribution in [-0.2, 0) is 6.42 Å². The number of carbonyl (C=O) groups is 1. The minimum Gasteiger partial charge on any atom is -0.507 e. The van der Waals surface area contributed by atoms with Crippen LogP contribution in [0.4, 0.5) is 0 Å². The van der Waals surface area contributed by atoms with Gasteiger partial charge in [-0.2, -0.15) is 0 Å². The van der Waals surface area contributed by atoms with Gasteiger partial charge in [0.15, 0.2) is 0 Å². The van der Waals surface area contributed by atoms with E-state index in [0.717, 1.165) is 5.56 Å². The lowest BCUT2D eigenvalue weighted by Crippen LogP contribution is -2.39. The number of rotatable bonds is 5. The number of phenols is 1. The van der Waals surface area contributed by atoms with E-state index in [1.807, 2.05) is 30.3 Å². The molecule has 104 valence electrons. The minimum absolute atomic E-state index is 0.0681. The zero-order valence-corrected chi connectivity index (χ0v) is 11.0. The monoisotopic (exact) mass is 271 g/mol. The van der Waals surface area contributed by atoms with Crippen molar-refractivity contribution in [2.75, 3.05) is 6.61 Å². The normalized spacial score (nSPS) is 11.8. The number of carbonyl (C=O) groups excluding carboxylic acids is 1. The highest BCUT2D eigenvalue weighted by atomic mass is 16.3. The third kappa shape index (κ3) is 3.59. The second-order valence-corrected chi connectivity index (χ2v) is 4.56. The quantitative estimate of drug-likeness (QED) is 0.775. The van der Waals surface area contributed by atoms with Crippen LogP contribution in [0.25, 0.3) is 0 Å². The van der Waals surface area contributed by atoms with Gasteiger partial charge in [-0.05, 0) is 24.1 Å². The largest absolute Gasteiger partial charge is 0.507 e. The Hall–Kier alpha value is -2.33. The number of aliphatic hydroxyl groups excluding tert-OH is 1. The number of aliphatic hydroxyl groups is 1. The zero-order valence-electron chi connectivity index (χ0n) is 11.0. The van der Waals surface area contributed by atoms with Gasteiger partial charge in [0.1, 0.15) is 5.75 Å². The Bertz CT molecular complexity index is 569. The van der Waals surface area contributed by atoms with Crippen LogP contribution >= 0.6 is 0 Å². The highest BCUT2D eigenvalue weighted by Crippen LogP contribution is 2.15. The van der Waals surface area contributed by atoms with Gasteiger partial charge in [0, 0.05) is 0 Å². The maximum atomic E-state index is 12.0. The molecule has 2 aromatic carbocycles. The van der Waals surface area contributed by atoms with Gasteiger partial charge in [0.25, 0.3) is 5.91 Å². The molecule has 0 spiro atoms. The summed E-state index contributed by atoms with van der Waals surface area (Å²) in [5.41, 5.74) is 1.24. The van der Waals surface area contributed by atoms with E-state index in [-0.39, 0.29) is 24.0 Å². The van der Waals surface area contributed by atoms with Crippen molar-refractivity contribution in [3.8, 4) is 5.75 Å². The fourth-order valence-electron chi connectivity index (χ4n) is 1.99. The number of amides is 1. The summed E-state index contributed by atoms with van der Waals surface area (Å²) in [4.78, 5) is 12.0. The first kappa shape index (κ1) is 14.1. The number of hydrogen-bond acceptors (Lipinski definition) is 3. The first-order chi connectivity index (χ1) is 9.70. The van der Waals surface area contributed by atoms with Crippen molar-refractivity contribution in [3.05, 3.63) is 65.7 Å². The van der Waals surface area contributed by atoms with Crippen molar-refractivity contribution in [1.29, 1.82) is 0 Å². The molecule has 1 amide bonds. The van der Waals surface area contributed by atoms with Crippen molar-refractivity contribution in [2.24, 2.45) is 0 Å². The van der Waals surface area contributed by atoms with Crippen LogP contribution in [0.5, 0.6) is 5.75 Å². The van der Waals surface area contributed by atoms with Gasteiger partial charge in [0.2, 0.25) is 0 Å². The smallest absolute Gasteiger partial charge is 0.255 e. The Morgan fingerprint density at radius 1 is 1.05 bits per heavy atom. The Labute approximate surface area is 117 Å². The first-order valence-corrected chi connectivity index (χ1v) is 6.44. The standard InChI is InChI=1S/C16H17NO3/c18-11-13(10-12-6-2-1-3-7-12)17-16(20)14-8-4-5-9-15(14)19/h1-9,13,18-19H,10-11H2,(H,17,20)/t13-/m1/s1. The SMILES string of the molecule is O=C(N[C@@H](CO)Cc1ccccc1)c1ccccc1O. The molecule has 0 aliphatic heterocycles. The van der Waals surface area contributed by atoms with E-state index in [1.165, 1.54) is 6.07 Å². The summed E-state index contributed by atoms with van der Waals surface area (Å²) in [6.45, 7) is -0.159. The lowest BCUT2D eigenvalue weighted by atomic mass is 10.1. The minimum atomic E-state index is -0.391. The van der Waals surface area contributed by atoms with E-state index < -0.39 is 5.91 Å². The van der Waals surface area contributed by atoms with Gasteiger partial charge >= 0.3 is 0 Å². The number of benzene rings is 2. The summed E-state index contributed by atoms with van der Waals surface area (Å²) in [5, 5.41) is 21.7. The fraction of sp³-hybridized carbons (Fsp3) is 0.188. The van der Waals surface area contributed by atoms with E-state index in [2.05, 4.69) is 5.32 Å². The molecule has 0 fully saturated rings. The predicted octanol–water partition coefficient (Wildman–Crippen LogP) is 1.73. The summed E-state index contributed by atoms with van der Waals surface area (Å²) >= 11 is 0. The van der Waals surface area contributed by atoms with E-state index in [0.29, 0.717) is 6.42 Å². The third-order valence-corrected chi connectivity index (χ3v) is 3.03. The molecule has 2 aromatic rings. The Morgan fingerprint density at radius 3 is 2.35 bits per heavy atom. The van der Waals surface area contributed by atoms with Crippen molar-refractivity contribution in [2.45, 2.75) is 12.5 Å². The van der Waals surface area contributed by atoms with Crippen LogP contribution < -0.4 is 5.32 Å². The van der Waals surface area contributed by atoms with Gasteiger partial charge in [-0.3, -0.25) is 4.79 Å². The van der Waals surface area contributed by atoms with E-state index in [9.17, 15) is 15.0 Å². The van der Waals surface area contributed by atoms with Crippen LogP contribution in [0.2, 0.25) is 0 Å². The second-order valence-electron chi connectivity index (χ2n) is 4.56. The number of phenolic OH excluding ortho intramolecular Hbond substituents is 1. The Morgan fingerprint density at radius 2 is 1.70 bits per heavy atom. The van der Waals surface area contributed by atoms with Crippen molar-refractivity contribution >= 4 is 5.91 Å². The van der Waals surface area contributed by atoms with Crippen LogP contribution in [0.1, 0.15) is 15.9 Å². The first-order valence-electron chi connectivity index (χ1n) is 6.44. The summed E-state index contributed by atoms with van der Waals surface area (Å²) < 4.78 is 0. The molecular formula is C16H17NO3. The van der Waals surface area contributed by atoms with Crippen molar-refractivity contribution < 1.29 is 15.0 Å². The summed E-state index contributed by atoms with van der Waals surface area (Å²) in [5.74, 6) is -0.459. The maximum Gasteiger partial charge on any atom is 0.255 e. The molecule has 2 rings (SSSR count). The molecule has 0 aromatic heterocycles. The number of nitrogens with one attached hydrogen (secondary N) is 1. The molecule has 0 heterocycles. The number of para-hydroxylation sites is 1. The molecule has 0 saturated carbocycles. The van der Waals surface area contributed by atoms with E-state index in [4.69, 9.17) is 0 Å². The van der Waals surface area contributed by atoms with Crippen LogP contribution in [-0.4, -0.2) is 28.8 Å². The van der Waals surface area contributed by atoms with Gasteiger partial charge in [-0.1, -0.05) is 42.5 Å². The lowest BCUT2D eigenvalue weighted by molar-refractivity contribution is 0.0914. The molecule has 1 atom stereocenters. The molecule has 3 N–H and O–H groups in total. The van der Waals surface area contributed by atoms with Crippen LogP contribution in [0.3, 0.4) is 0 Å². The molecule has 20 heavy (non-hydrogen) atoms. The summed E-state index contributed by atoms with van der Waals surface area (Å²) in [6.07, 6.45) is 0.538. The average molecular weight is 271 g/mol. The van der Waals surface area contributed by atoms with E-state index in [1.54, 1.807) is 18.2 Å². The van der Waals surface area contributed by atoms with Gasteiger partial charge in [-0.15, -0.1) is 0 Å². The molecule has 4 heteroatoms. The number of hydrogen-bond donors (Lipinski definition) is 3. The highest BCUT2D eigenvalue weighted by Gasteiger charge is 2.15. The van der Waals surface area contributed by atoms with E-state index >= 15 is 0 Å². The van der Waals surface area contributed by atoms with Crippen molar-refractivity contribution in [1.82, 2.24) is 5.32 Å². The highest BCUT2D eigenvalue weighted by molar-refractivity contribution is 5.96. The molecule has 0 bridgehead atoms. The van der Waals surface area contributed by atoms with Crippen LogP contribution in [0, 0.1) is 0 Å². The maximum absolute atomic E-state index is 12.0. The topological polar surface area (TPSA) is 69.6 Å². The molecule has 0 aliphatic carbocycles. The van der Waals surface area contributed by atoms with Gasteiger partial charge < -0.3 is 15.5 Å². The summed E-state index contributed by atoms with van der Waals surface area (Å²) in [6, 6.07) is 15.6. The second kappa shape index (κ2) is 6.73. The molecule has 0 unspecified atom stereocenters. The molecule has 0 radical (unpaired) electrons. The Balaban J connectivity index is 2.03. The zero-order chi connectivity index (χ0) is 14.4. The summed E-state index contributed by atoms with van der Waals surface area (Å²) in [7, 11) is 0. The average Bonchev–Trinajstić information content (AvgIpc) is 2.48. The predicted molar refractivity (Wildman–Crippen MR) is 76.6 cm³/mol. The van der Waals surface area contributed by atoms with Crippen molar-refractivity contribution in [3.63, 3.8) is 0 Å².